The molecule has 0 unspecified atom stereocenters. The highest BCUT2D eigenvalue weighted by molar-refractivity contribution is 5.59. The Morgan fingerprint density at radius 3 is 2.00 bits per heavy atom. The maximum atomic E-state index is 13.4. The Balaban J connectivity index is 2.28. The second-order valence-corrected chi connectivity index (χ2v) is 4.84. The molecular formula is C17H11F3N2O. The van der Waals surface area contributed by atoms with Crippen molar-refractivity contribution in [3.8, 4) is 16.9 Å². The van der Waals surface area contributed by atoms with Crippen molar-refractivity contribution < 1.29 is 13.2 Å². The molecule has 116 valence electrons. The zero-order valence-electron chi connectivity index (χ0n) is 11.8. The van der Waals surface area contributed by atoms with Gasteiger partial charge in [0.2, 0.25) is 0 Å². The lowest BCUT2D eigenvalue weighted by Gasteiger charge is -2.16. The number of hydrogen-bond acceptors (Lipinski definition) is 2. The van der Waals surface area contributed by atoms with Gasteiger partial charge in [0.15, 0.2) is 0 Å². The maximum absolute atomic E-state index is 13.4. The van der Waals surface area contributed by atoms with E-state index in [9.17, 15) is 18.0 Å². The van der Waals surface area contributed by atoms with Crippen molar-refractivity contribution in [2.45, 2.75) is 6.18 Å². The molecule has 23 heavy (non-hydrogen) atoms. The molecule has 0 saturated heterocycles. The van der Waals surface area contributed by atoms with E-state index in [1.165, 1.54) is 12.1 Å². The fourth-order valence-electron chi connectivity index (χ4n) is 2.27. The molecule has 3 aromatic rings. The van der Waals surface area contributed by atoms with Crippen molar-refractivity contribution in [1.29, 1.82) is 0 Å². The van der Waals surface area contributed by atoms with E-state index < -0.39 is 17.6 Å². The smallest absolute Gasteiger partial charge is 0.256 e. The normalized spacial score (nSPS) is 11.4. The standard InChI is InChI=1S/C17H11F3N2O/c18-17(19,20)15-11-14(12-7-3-1-4-8-12)21-16(23)22(15)13-9-5-2-6-10-13/h1-11H. The number of aromatic nitrogens is 2. The summed E-state index contributed by atoms with van der Waals surface area (Å²) in [6.45, 7) is 0. The summed E-state index contributed by atoms with van der Waals surface area (Å²) in [6.07, 6.45) is -4.68. The van der Waals surface area contributed by atoms with Crippen molar-refractivity contribution >= 4 is 0 Å². The second-order valence-electron chi connectivity index (χ2n) is 4.84. The lowest BCUT2D eigenvalue weighted by molar-refractivity contribution is -0.143. The van der Waals surface area contributed by atoms with Crippen LogP contribution in [0.1, 0.15) is 5.69 Å². The predicted molar refractivity (Wildman–Crippen MR) is 80.3 cm³/mol. The molecule has 0 atom stereocenters. The Hall–Kier alpha value is -2.89. The van der Waals surface area contributed by atoms with E-state index in [2.05, 4.69) is 4.98 Å². The van der Waals surface area contributed by atoms with Gasteiger partial charge < -0.3 is 0 Å². The van der Waals surface area contributed by atoms with Gasteiger partial charge in [-0.15, -0.1) is 0 Å². The maximum Gasteiger partial charge on any atom is 0.432 e. The Morgan fingerprint density at radius 2 is 1.43 bits per heavy atom. The van der Waals surface area contributed by atoms with Gasteiger partial charge in [-0.2, -0.15) is 18.2 Å². The third kappa shape index (κ3) is 3.01. The van der Waals surface area contributed by atoms with Crippen LogP contribution in [0.5, 0.6) is 0 Å². The summed E-state index contributed by atoms with van der Waals surface area (Å²) < 4.78 is 40.8. The van der Waals surface area contributed by atoms with Gasteiger partial charge in [-0.1, -0.05) is 48.5 Å². The van der Waals surface area contributed by atoms with Gasteiger partial charge in [0.25, 0.3) is 0 Å². The van der Waals surface area contributed by atoms with E-state index in [0.29, 0.717) is 10.1 Å². The number of para-hydroxylation sites is 1. The molecule has 0 aliphatic heterocycles. The fourth-order valence-corrected chi connectivity index (χ4v) is 2.27. The first kappa shape index (κ1) is 15.0. The van der Waals surface area contributed by atoms with Gasteiger partial charge in [0.1, 0.15) is 5.69 Å². The summed E-state index contributed by atoms with van der Waals surface area (Å²) in [5.41, 5.74) is -1.45. The van der Waals surface area contributed by atoms with E-state index in [0.717, 1.165) is 6.07 Å². The third-order valence-electron chi connectivity index (χ3n) is 3.30. The molecule has 0 saturated carbocycles. The van der Waals surface area contributed by atoms with E-state index in [4.69, 9.17) is 0 Å². The molecule has 0 N–H and O–H groups in total. The van der Waals surface area contributed by atoms with Crippen molar-refractivity contribution in [3.63, 3.8) is 0 Å². The Kier molecular flexibility index (Phi) is 3.73. The van der Waals surface area contributed by atoms with Crippen LogP contribution in [0.2, 0.25) is 0 Å². The second kappa shape index (κ2) is 5.72. The average molecular weight is 316 g/mol. The minimum Gasteiger partial charge on any atom is -0.256 e. The molecule has 1 aromatic heterocycles. The number of benzene rings is 2. The van der Waals surface area contributed by atoms with Gasteiger partial charge in [0, 0.05) is 5.56 Å². The van der Waals surface area contributed by atoms with E-state index in [1.54, 1.807) is 48.5 Å². The average Bonchev–Trinajstić information content (AvgIpc) is 2.55. The summed E-state index contributed by atoms with van der Waals surface area (Å²) in [6, 6.07) is 16.8. The lowest BCUT2D eigenvalue weighted by atomic mass is 10.1. The molecule has 0 radical (unpaired) electrons. The Labute approximate surface area is 129 Å². The molecule has 2 aromatic carbocycles. The molecule has 1 heterocycles. The highest BCUT2D eigenvalue weighted by Gasteiger charge is 2.36. The zero-order chi connectivity index (χ0) is 16.4. The van der Waals surface area contributed by atoms with E-state index >= 15 is 0 Å². The first-order chi connectivity index (χ1) is 11.0. The monoisotopic (exact) mass is 316 g/mol. The minimum atomic E-state index is -4.68. The Bertz CT molecular complexity index is 872. The molecule has 0 aliphatic rings. The molecule has 0 amide bonds. The number of nitrogens with zero attached hydrogens (tertiary/aromatic N) is 2. The Morgan fingerprint density at radius 1 is 0.870 bits per heavy atom. The highest BCUT2D eigenvalue weighted by Crippen LogP contribution is 2.31. The molecule has 6 heteroatoms. The quantitative estimate of drug-likeness (QED) is 0.718. The van der Waals surface area contributed by atoms with Crippen molar-refractivity contribution in [2.75, 3.05) is 0 Å². The highest BCUT2D eigenvalue weighted by atomic mass is 19.4. The number of alkyl halides is 3. The van der Waals surface area contributed by atoms with Crippen LogP contribution in [0.15, 0.2) is 71.5 Å². The van der Waals surface area contributed by atoms with Crippen molar-refractivity contribution in [3.05, 3.63) is 82.9 Å². The lowest BCUT2D eigenvalue weighted by Crippen LogP contribution is -2.29. The first-order valence-electron chi connectivity index (χ1n) is 6.79. The van der Waals surface area contributed by atoms with Crippen molar-refractivity contribution in [2.24, 2.45) is 0 Å². The van der Waals surface area contributed by atoms with E-state index in [1.807, 2.05) is 0 Å². The van der Waals surface area contributed by atoms with Crippen LogP contribution >= 0.6 is 0 Å². The third-order valence-corrected chi connectivity index (χ3v) is 3.30. The summed E-state index contributed by atoms with van der Waals surface area (Å²) in [5, 5.41) is 0. The van der Waals surface area contributed by atoms with Crippen molar-refractivity contribution in [1.82, 2.24) is 9.55 Å². The van der Waals surface area contributed by atoms with Crippen LogP contribution in [-0.4, -0.2) is 9.55 Å². The first-order valence-corrected chi connectivity index (χ1v) is 6.79. The largest absolute Gasteiger partial charge is 0.432 e. The van der Waals surface area contributed by atoms with Gasteiger partial charge >= 0.3 is 11.9 Å². The predicted octanol–water partition coefficient (Wildman–Crippen LogP) is 3.92. The number of rotatable bonds is 2. The SMILES string of the molecule is O=c1nc(-c2ccccc2)cc(C(F)(F)F)n1-c1ccccc1. The van der Waals surface area contributed by atoms with Gasteiger partial charge in [-0.25, -0.2) is 4.79 Å². The fraction of sp³-hybridized carbons (Fsp3) is 0.0588. The molecule has 3 rings (SSSR count). The molecule has 0 aliphatic carbocycles. The molecule has 3 nitrogen and oxygen atoms in total. The number of halogens is 3. The zero-order valence-corrected chi connectivity index (χ0v) is 11.8. The summed E-state index contributed by atoms with van der Waals surface area (Å²) in [7, 11) is 0. The van der Waals surface area contributed by atoms with Crippen LogP contribution < -0.4 is 5.69 Å². The van der Waals surface area contributed by atoms with E-state index in [-0.39, 0.29) is 11.4 Å². The van der Waals surface area contributed by atoms with Crippen LogP contribution in [-0.2, 0) is 6.18 Å². The summed E-state index contributed by atoms with van der Waals surface area (Å²) in [4.78, 5) is 16.0. The van der Waals surface area contributed by atoms with Crippen LogP contribution in [0.3, 0.4) is 0 Å². The topological polar surface area (TPSA) is 34.9 Å². The van der Waals surface area contributed by atoms with Gasteiger partial charge in [-0.05, 0) is 18.2 Å². The van der Waals surface area contributed by atoms with Crippen LogP contribution in [0.4, 0.5) is 13.2 Å². The summed E-state index contributed by atoms with van der Waals surface area (Å²) in [5.74, 6) is 0. The molecular weight excluding hydrogens is 305 g/mol. The van der Waals surface area contributed by atoms with Gasteiger partial charge in [0.05, 0.1) is 11.4 Å². The molecule has 0 fully saturated rings. The molecule has 0 bridgehead atoms. The van der Waals surface area contributed by atoms with Gasteiger partial charge in [-0.3, -0.25) is 4.57 Å². The summed E-state index contributed by atoms with van der Waals surface area (Å²) >= 11 is 0. The number of hydrogen-bond donors (Lipinski definition) is 0. The molecule has 0 spiro atoms. The minimum absolute atomic E-state index is 0.00453. The van der Waals surface area contributed by atoms with Crippen LogP contribution in [0.25, 0.3) is 16.9 Å². The van der Waals surface area contributed by atoms with Crippen LogP contribution in [0, 0.1) is 0 Å².